The highest BCUT2D eigenvalue weighted by molar-refractivity contribution is 5.91. The van der Waals surface area contributed by atoms with Gasteiger partial charge in [-0.25, -0.2) is 0 Å². The van der Waals surface area contributed by atoms with Crippen LogP contribution in [0.2, 0.25) is 0 Å². The summed E-state index contributed by atoms with van der Waals surface area (Å²) in [5, 5.41) is 2.91. The molecule has 4 aliphatic carbocycles. The van der Waals surface area contributed by atoms with E-state index in [1.807, 2.05) is 6.08 Å². The van der Waals surface area contributed by atoms with Crippen molar-refractivity contribution in [1.82, 2.24) is 5.32 Å². The summed E-state index contributed by atoms with van der Waals surface area (Å²) >= 11 is 0. The molecule has 0 aromatic heterocycles. The maximum absolute atomic E-state index is 12.4. The van der Waals surface area contributed by atoms with Gasteiger partial charge in [0.05, 0.1) is 0 Å². The molecule has 3 heteroatoms. The molecule has 24 heavy (non-hydrogen) atoms. The number of amides is 1. The van der Waals surface area contributed by atoms with Gasteiger partial charge in [-0.2, -0.15) is 0 Å². The van der Waals surface area contributed by atoms with Crippen LogP contribution < -0.4 is 5.32 Å². The van der Waals surface area contributed by atoms with Crippen molar-refractivity contribution in [2.45, 2.75) is 65.2 Å². The van der Waals surface area contributed by atoms with Crippen LogP contribution in [0.4, 0.5) is 0 Å². The zero-order chi connectivity index (χ0) is 17.1. The quantitative estimate of drug-likeness (QED) is 0.793. The molecule has 1 amide bonds. The molecular weight excluding hydrogens is 298 g/mol. The first-order chi connectivity index (χ1) is 11.4. The topological polar surface area (TPSA) is 46.2 Å². The van der Waals surface area contributed by atoms with Gasteiger partial charge in [-0.3, -0.25) is 9.59 Å². The molecule has 0 aromatic carbocycles. The molecule has 0 heterocycles. The highest BCUT2D eigenvalue weighted by atomic mass is 16.1. The van der Waals surface area contributed by atoms with Gasteiger partial charge in [-0.15, -0.1) is 0 Å². The fourth-order valence-corrected chi connectivity index (χ4v) is 7.16. The highest BCUT2D eigenvalue weighted by Gasteiger charge is 2.60. The monoisotopic (exact) mass is 329 g/mol. The number of ketones is 1. The minimum Gasteiger partial charge on any atom is -0.359 e. The molecule has 0 unspecified atom stereocenters. The summed E-state index contributed by atoms with van der Waals surface area (Å²) in [6.07, 6.45) is 10.7. The summed E-state index contributed by atoms with van der Waals surface area (Å²) in [7, 11) is 1.78. The number of carbonyl (C=O) groups excluding carboxylic acids is 2. The maximum Gasteiger partial charge on any atom is 0.223 e. The van der Waals surface area contributed by atoms with Gasteiger partial charge < -0.3 is 5.32 Å². The van der Waals surface area contributed by atoms with Crippen LogP contribution in [0, 0.1) is 34.5 Å². The fourth-order valence-electron chi connectivity index (χ4n) is 7.16. The third kappa shape index (κ3) is 2.09. The second-order valence-corrected chi connectivity index (χ2v) is 9.26. The summed E-state index contributed by atoms with van der Waals surface area (Å²) in [5.74, 6) is 2.94. The van der Waals surface area contributed by atoms with E-state index in [4.69, 9.17) is 0 Å². The van der Waals surface area contributed by atoms with Gasteiger partial charge in [0.1, 0.15) is 0 Å². The van der Waals surface area contributed by atoms with Crippen molar-refractivity contribution in [3.63, 3.8) is 0 Å². The Bertz CT molecular complexity index is 609. The van der Waals surface area contributed by atoms with Gasteiger partial charge >= 0.3 is 0 Å². The van der Waals surface area contributed by atoms with Crippen LogP contribution in [0.15, 0.2) is 11.6 Å². The van der Waals surface area contributed by atoms with Crippen molar-refractivity contribution >= 4 is 11.7 Å². The summed E-state index contributed by atoms with van der Waals surface area (Å²) in [5.41, 5.74) is 1.86. The van der Waals surface area contributed by atoms with Crippen molar-refractivity contribution in [2.75, 3.05) is 7.05 Å². The summed E-state index contributed by atoms with van der Waals surface area (Å²) < 4.78 is 0. The first-order valence-electron chi connectivity index (χ1n) is 9.85. The summed E-state index contributed by atoms with van der Waals surface area (Å²) in [6.45, 7) is 4.81. The van der Waals surface area contributed by atoms with Crippen LogP contribution in [0.3, 0.4) is 0 Å². The Morgan fingerprint density at radius 2 is 1.88 bits per heavy atom. The molecule has 3 fully saturated rings. The third-order valence-electron chi connectivity index (χ3n) is 8.52. The van der Waals surface area contributed by atoms with E-state index in [0.29, 0.717) is 17.6 Å². The van der Waals surface area contributed by atoms with Gasteiger partial charge in [-0.05, 0) is 79.6 Å². The number of allylic oxidation sites excluding steroid dienone is 1. The lowest BCUT2D eigenvalue weighted by atomic mass is 9.47. The zero-order valence-electron chi connectivity index (χ0n) is 15.4. The lowest BCUT2D eigenvalue weighted by molar-refractivity contribution is -0.132. The average molecular weight is 329 g/mol. The largest absolute Gasteiger partial charge is 0.359 e. The van der Waals surface area contributed by atoms with E-state index in [0.717, 1.165) is 31.6 Å². The molecule has 0 spiro atoms. The van der Waals surface area contributed by atoms with E-state index in [9.17, 15) is 9.59 Å². The first-order valence-corrected chi connectivity index (χ1v) is 9.85. The maximum atomic E-state index is 12.4. The first kappa shape index (κ1) is 16.4. The third-order valence-corrected chi connectivity index (χ3v) is 8.52. The predicted octanol–water partition coefficient (Wildman–Crippen LogP) is 3.88. The molecule has 0 aliphatic heterocycles. The summed E-state index contributed by atoms with van der Waals surface area (Å²) in [6, 6.07) is 0. The van der Waals surface area contributed by atoms with Crippen LogP contribution in [-0.2, 0) is 9.59 Å². The van der Waals surface area contributed by atoms with Crippen molar-refractivity contribution < 1.29 is 9.59 Å². The van der Waals surface area contributed by atoms with Gasteiger partial charge in [0, 0.05) is 19.4 Å². The van der Waals surface area contributed by atoms with E-state index >= 15 is 0 Å². The Kier molecular flexibility index (Phi) is 3.71. The molecule has 0 bridgehead atoms. The van der Waals surface area contributed by atoms with E-state index in [1.165, 1.54) is 31.3 Å². The minimum atomic E-state index is 0.184. The van der Waals surface area contributed by atoms with Crippen LogP contribution in [0.5, 0.6) is 0 Å². The number of hydrogen-bond acceptors (Lipinski definition) is 2. The molecule has 0 saturated heterocycles. The number of fused-ring (bicyclic) bond motifs is 5. The minimum absolute atomic E-state index is 0.184. The van der Waals surface area contributed by atoms with Crippen LogP contribution in [0.1, 0.15) is 65.2 Å². The predicted molar refractivity (Wildman–Crippen MR) is 94.3 cm³/mol. The molecule has 4 aliphatic rings. The van der Waals surface area contributed by atoms with E-state index in [2.05, 4.69) is 19.2 Å². The molecule has 132 valence electrons. The molecule has 0 radical (unpaired) electrons. The smallest absolute Gasteiger partial charge is 0.223 e. The van der Waals surface area contributed by atoms with Gasteiger partial charge in [0.2, 0.25) is 5.91 Å². The molecule has 6 atom stereocenters. The molecule has 1 N–H and O–H groups in total. The molecule has 0 aromatic rings. The second kappa shape index (κ2) is 5.44. The van der Waals surface area contributed by atoms with Crippen molar-refractivity contribution in [3.8, 4) is 0 Å². The number of nitrogens with one attached hydrogen (secondary N) is 1. The summed E-state index contributed by atoms with van der Waals surface area (Å²) in [4.78, 5) is 24.3. The van der Waals surface area contributed by atoms with Crippen LogP contribution >= 0.6 is 0 Å². The SMILES string of the molecule is CNC(=O)[C@H]1CC[C@H]2[C@@H]3CCC4=CC(=O)CC[C@]4(C)[C@H]3CC[C@]12C. The normalized spacial score (nSPS) is 47.3. The number of rotatable bonds is 1. The van der Waals surface area contributed by atoms with Gasteiger partial charge in [-0.1, -0.05) is 19.4 Å². The fraction of sp³-hybridized carbons (Fsp3) is 0.810. The van der Waals surface area contributed by atoms with Crippen LogP contribution in [0.25, 0.3) is 0 Å². The zero-order valence-corrected chi connectivity index (χ0v) is 15.4. The van der Waals surface area contributed by atoms with Gasteiger partial charge in [0.15, 0.2) is 5.78 Å². The van der Waals surface area contributed by atoms with E-state index < -0.39 is 0 Å². The standard InChI is InChI=1S/C21H31NO2/c1-20-10-8-14(23)12-13(20)4-5-15-16-6-7-18(19(24)22-3)21(16,2)11-9-17(15)20/h12,15-18H,4-11H2,1-3H3,(H,22,24)/t15-,16-,17-,18+,20-,21-/m0/s1. The highest BCUT2D eigenvalue weighted by Crippen LogP contribution is 2.66. The lowest BCUT2D eigenvalue weighted by Crippen LogP contribution is -2.51. The number of hydrogen-bond donors (Lipinski definition) is 1. The van der Waals surface area contributed by atoms with Crippen molar-refractivity contribution in [2.24, 2.45) is 34.5 Å². The Balaban J connectivity index is 1.65. The van der Waals surface area contributed by atoms with Crippen LogP contribution in [-0.4, -0.2) is 18.7 Å². The van der Waals surface area contributed by atoms with Crippen molar-refractivity contribution in [3.05, 3.63) is 11.6 Å². The Hall–Kier alpha value is -1.12. The molecule has 3 nitrogen and oxygen atoms in total. The molecular formula is C21H31NO2. The Morgan fingerprint density at radius 1 is 1.08 bits per heavy atom. The lowest BCUT2D eigenvalue weighted by Gasteiger charge is -2.58. The second-order valence-electron chi connectivity index (χ2n) is 9.26. The van der Waals surface area contributed by atoms with E-state index in [1.54, 1.807) is 7.05 Å². The number of carbonyl (C=O) groups is 2. The van der Waals surface area contributed by atoms with Gasteiger partial charge in [0.25, 0.3) is 0 Å². The molecule has 4 rings (SSSR count). The Labute approximate surface area is 145 Å². The Morgan fingerprint density at radius 3 is 2.62 bits per heavy atom. The average Bonchev–Trinajstić information content (AvgIpc) is 2.92. The van der Waals surface area contributed by atoms with E-state index in [-0.39, 0.29) is 22.7 Å². The van der Waals surface area contributed by atoms with Crippen molar-refractivity contribution in [1.29, 1.82) is 0 Å². The molecule has 3 saturated carbocycles.